The summed E-state index contributed by atoms with van der Waals surface area (Å²) in [6.07, 6.45) is 13.1. The first-order valence-corrected chi connectivity index (χ1v) is 9.35. The molecule has 0 spiro atoms. The number of nitrogens with zero attached hydrogens (tertiary/aromatic N) is 4. The molecule has 0 saturated carbocycles. The second-order valence-corrected chi connectivity index (χ2v) is 7.76. The van der Waals surface area contributed by atoms with Crippen LogP contribution in [0.15, 0.2) is 48.0 Å². The van der Waals surface area contributed by atoms with Crippen LogP contribution in [0.1, 0.15) is 13.3 Å². The fourth-order valence-corrected chi connectivity index (χ4v) is 3.76. The number of allylic oxidation sites excluding steroid dienone is 4. The van der Waals surface area contributed by atoms with Crippen molar-refractivity contribution in [1.82, 2.24) is 19.6 Å². The van der Waals surface area contributed by atoms with E-state index in [1.54, 1.807) is 0 Å². The van der Waals surface area contributed by atoms with E-state index < -0.39 is 0 Å². The molecule has 3 rings (SSSR count). The van der Waals surface area contributed by atoms with Crippen LogP contribution in [0.3, 0.4) is 0 Å². The van der Waals surface area contributed by atoms with Gasteiger partial charge < -0.3 is 20.4 Å². The SMILES string of the molecule is CN1CCN(CC(=O)N(C2=CC=C(N)N(C)C2)C2(C)C=CC=CC2)CC1. The third-order valence-corrected chi connectivity index (χ3v) is 5.52. The van der Waals surface area contributed by atoms with Gasteiger partial charge in [-0.1, -0.05) is 24.3 Å². The molecule has 0 aromatic rings. The zero-order valence-electron chi connectivity index (χ0n) is 16.2. The minimum Gasteiger partial charge on any atom is -0.385 e. The molecule has 0 aromatic carbocycles. The van der Waals surface area contributed by atoms with Gasteiger partial charge in [0.2, 0.25) is 5.91 Å². The van der Waals surface area contributed by atoms with E-state index in [4.69, 9.17) is 5.73 Å². The van der Waals surface area contributed by atoms with Crippen molar-refractivity contribution in [2.75, 3.05) is 53.4 Å². The fraction of sp³-hybridized carbons (Fsp3) is 0.550. The topological polar surface area (TPSA) is 56.1 Å². The average Bonchev–Trinajstić information content (AvgIpc) is 2.61. The molecule has 3 aliphatic rings. The minimum atomic E-state index is -0.342. The van der Waals surface area contributed by atoms with Gasteiger partial charge in [-0.25, -0.2) is 0 Å². The number of piperazine rings is 1. The molecule has 26 heavy (non-hydrogen) atoms. The molecule has 1 unspecified atom stereocenters. The predicted octanol–water partition coefficient (Wildman–Crippen LogP) is 0.967. The molecular weight excluding hydrogens is 326 g/mol. The van der Waals surface area contributed by atoms with Crippen molar-refractivity contribution in [2.45, 2.75) is 18.9 Å². The van der Waals surface area contributed by atoms with Crippen molar-refractivity contribution in [3.8, 4) is 0 Å². The van der Waals surface area contributed by atoms with Gasteiger partial charge in [0.05, 0.1) is 24.4 Å². The summed E-state index contributed by atoms with van der Waals surface area (Å²) in [6.45, 7) is 7.14. The van der Waals surface area contributed by atoms with Gasteiger partial charge in [0.15, 0.2) is 0 Å². The monoisotopic (exact) mass is 357 g/mol. The average molecular weight is 358 g/mol. The number of carbonyl (C=O) groups is 1. The van der Waals surface area contributed by atoms with Crippen LogP contribution in [0.5, 0.6) is 0 Å². The maximum absolute atomic E-state index is 13.4. The van der Waals surface area contributed by atoms with E-state index in [1.165, 1.54) is 0 Å². The zero-order chi connectivity index (χ0) is 18.7. The van der Waals surface area contributed by atoms with Crippen LogP contribution in [-0.4, -0.2) is 84.4 Å². The molecule has 6 heteroatoms. The normalized spacial score (nSPS) is 27.3. The molecule has 0 bridgehead atoms. The van der Waals surface area contributed by atoms with Gasteiger partial charge >= 0.3 is 0 Å². The number of hydrogen-bond donors (Lipinski definition) is 1. The number of amides is 1. The first kappa shape index (κ1) is 18.7. The molecule has 2 aliphatic heterocycles. The highest BCUT2D eigenvalue weighted by atomic mass is 16.2. The quantitative estimate of drug-likeness (QED) is 0.812. The van der Waals surface area contributed by atoms with Crippen LogP contribution < -0.4 is 5.73 Å². The van der Waals surface area contributed by atoms with Crippen molar-refractivity contribution >= 4 is 5.91 Å². The molecule has 1 saturated heterocycles. The van der Waals surface area contributed by atoms with Crippen LogP contribution in [0, 0.1) is 0 Å². The van der Waals surface area contributed by atoms with Crippen LogP contribution in [0.2, 0.25) is 0 Å². The molecule has 1 amide bonds. The lowest BCUT2D eigenvalue weighted by Gasteiger charge is -2.44. The second kappa shape index (κ2) is 7.68. The summed E-state index contributed by atoms with van der Waals surface area (Å²) in [4.78, 5) is 21.9. The summed E-state index contributed by atoms with van der Waals surface area (Å²) in [5.74, 6) is 0.884. The summed E-state index contributed by atoms with van der Waals surface area (Å²) in [6, 6.07) is 0. The molecule has 1 aliphatic carbocycles. The molecule has 1 atom stereocenters. The Kier molecular flexibility index (Phi) is 5.53. The Morgan fingerprint density at radius 2 is 1.92 bits per heavy atom. The van der Waals surface area contributed by atoms with Crippen LogP contribution in [0.25, 0.3) is 0 Å². The minimum absolute atomic E-state index is 0.158. The van der Waals surface area contributed by atoms with Crippen molar-refractivity contribution < 1.29 is 4.79 Å². The van der Waals surface area contributed by atoms with Crippen LogP contribution in [-0.2, 0) is 4.79 Å². The molecule has 1 fully saturated rings. The predicted molar refractivity (Wildman–Crippen MR) is 105 cm³/mol. The van der Waals surface area contributed by atoms with Gasteiger partial charge in [-0.3, -0.25) is 9.69 Å². The molecule has 6 nitrogen and oxygen atoms in total. The van der Waals surface area contributed by atoms with E-state index in [1.807, 2.05) is 41.2 Å². The zero-order valence-corrected chi connectivity index (χ0v) is 16.2. The standard InChI is InChI=1S/C20H31N5O/c1-20(9-5-4-6-10-20)25(17-7-8-18(21)23(3)15-17)19(26)16-24-13-11-22(2)12-14-24/h4-9H,10-16,21H2,1-3H3. The Bertz CT molecular complexity index is 657. The Labute approximate surface area is 156 Å². The van der Waals surface area contributed by atoms with E-state index in [9.17, 15) is 4.79 Å². The number of nitrogens with two attached hydrogens (primary N) is 1. The molecule has 0 radical (unpaired) electrons. The summed E-state index contributed by atoms with van der Waals surface area (Å²) >= 11 is 0. The highest BCUT2D eigenvalue weighted by molar-refractivity contribution is 5.81. The number of likely N-dealkylation sites (N-methyl/N-ethyl adjacent to an activating group) is 2. The summed E-state index contributed by atoms with van der Waals surface area (Å²) in [5.41, 5.74) is 6.65. The Morgan fingerprint density at radius 3 is 2.54 bits per heavy atom. The van der Waals surface area contributed by atoms with E-state index >= 15 is 0 Å². The van der Waals surface area contributed by atoms with Crippen molar-refractivity contribution in [1.29, 1.82) is 0 Å². The molecule has 142 valence electrons. The van der Waals surface area contributed by atoms with Gasteiger partial charge in [-0.2, -0.15) is 0 Å². The smallest absolute Gasteiger partial charge is 0.241 e. The molecule has 2 N–H and O–H groups in total. The lowest BCUT2D eigenvalue weighted by molar-refractivity contribution is -0.134. The summed E-state index contributed by atoms with van der Waals surface area (Å²) < 4.78 is 0. The van der Waals surface area contributed by atoms with Crippen molar-refractivity contribution in [2.24, 2.45) is 5.73 Å². The molecule has 2 heterocycles. The number of hydrogen-bond acceptors (Lipinski definition) is 5. The van der Waals surface area contributed by atoms with Gasteiger partial charge in [0, 0.05) is 38.9 Å². The number of rotatable bonds is 4. The Hall–Kier alpha value is -2.05. The Morgan fingerprint density at radius 1 is 1.19 bits per heavy atom. The van der Waals surface area contributed by atoms with Crippen LogP contribution >= 0.6 is 0 Å². The van der Waals surface area contributed by atoms with Gasteiger partial charge in [-0.05, 0) is 32.5 Å². The van der Waals surface area contributed by atoms with E-state index in [0.717, 1.165) is 44.1 Å². The highest BCUT2D eigenvalue weighted by Crippen LogP contribution is 2.30. The molecular formula is C20H31N5O. The van der Waals surface area contributed by atoms with Gasteiger partial charge in [0.25, 0.3) is 0 Å². The maximum Gasteiger partial charge on any atom is 0.241 e. The summed E-state index contributed by atoms with van der Waals surface area (Å²) in [7, 11) is 4.09. The summed E-state index contributed by atoms with van der Waals surface area (Å²) in [5, 5.41) is 0. The maximum atomic E-state index is 13.4. The van der Waals surface area contributed by atoms with Crippen LogP contribution in [0.4, 0.5) is 0 Å². The largest absolute Gasteiger partial charge is 0.385 e. The molecule has 0 aromatic heterocycles. The first-order chi connectivity index (χ1) is 12.4. The Balaban J connectivity index is 1.82. The second-order valence-electron chi connectivity index (χ2n) is 7.76. The van der Waals surface area contributed by atoms with E-state index in [0.29, 0.717) is 13.1 Å². The van der Waals surface area contributed by atoms with Crippen molar-refractivity contribution in [3.63, 3.8) is 0 Å². The third kappa shape index (κ3) is 4.02. The lowest BCUT2D eigenvalue weighted by atomic mass is 9.90. The third-order valence-electron chi connectivity index (χ3n) is 5.52. The first-order valence-electron chi connectivity index (χ1n) is 9.35. The highest BCUT2D eigenvalue weighted by Gasteiger charge is 2.37. The van der Waals surface area contributed by atoms with Crippen molar-refractivity contribution in [3.05, 3.63) is 48.0 Å². The number of carbonyl (C=O) groups excluding carboxylic acids is 1. The van der Waals surface area contributed by atoms with E-state index in [2.05, 4.69) is 35.9 Å². The fourth-order valence-electron chi connectivity index (χ4n) is 3.76. The lowest BCUT2D eigenvalue weighted by Crippen LogP contribution is -2.55. The van der Waals surface area contributed by atoms with Gasteiger partial charge in [0.1, 0.15) is 0 Å². The van der Waals surface area contributed by atoms with E-state index in [-0.39, 0.29) is 11.4 Å². The van der Waals surface area contributed by atoms with Gasteiger partial charge in [-0.15, -0.1) is 0 Å².